The van der Waals surface area contributed by atoms with Crippen LogP contribution in [0.3, 0.4) is 0 Å². The second-order valence-electron chi connectivity index (χ2n) is 8.70. The van der Waals surface area contributed by atoms with Gasteiger partial charge in [0.25, 0.3) is 5.91 Å². The fraction of sp³-hybridized carbons (Fsp3) is 0.391. The Morgan fingerprint density at radius 1 is 1.18 bits per heavy atom. The van der Waals surface area contributed by atoms with Crippen molar-refractivity contribution in [2.75, 3.05) is 29.9 Å². The van der Waals surface area contributed by atoms with Gasteiger partial charge in [-0.25, -0.2) is 4.39 Å². The van der Waals surface area contributed by atoms with Gasteiger partial charge in [0.05, 0.1) is 17.2 Å². The number of halogens is 4. The highest BCUT2D eigenvalue weighted by Crippen LogP contribution is 2.36. The van der Waals surface area contributed by atoms with Gasteiger partial charge in [0.2, 0.25) is 0 Å². The number of anilines is 2. The van der Waals surface area contributed by atoms with E-state index >= 15 is 0 Å². The maximum Gasteiger partial charge on any atom is 0.417 e. The van der Waals surface area contributed by atoms with Crippen LogP contribution in [0.15, 0.2) is 42.5 Å². The monoisotopic (exact) mass is 462 g/mol. The van der Waals surface area contributed by atoms with E-state index in [1.54, 1.807) is 12.1 Å². The number of piperazine rings is 1. The second kappa shape index (κ2) is 8.32. The number of β-amino-alcohol motifs (C(OH)–C–C–N with tert-alkyl or cyclic N) is 1. The number of alkyl halides is 3. The van der Waals surface area contributed by atoms with E-state index < -0.39 is 28.8 Å². The summed E-state index contributed by atoms with van der Waals surface area (Å²) in [6, 6.07) is 10.8. The average Bonchev–Trinajstić information content (AvgIpc) is 3.33. The van der Waals surface area contributed by atoms with Crippen molar-refractivity contribution in [2.45, 2.75) is 37.2 Å². The van der Waals surface area contributed by atoms with Crippen molar-refractivity contribution >= 4 is 17.3 Å². The average molecular weight is 462 g/mol. The summed E-state index contributed by atoms with van der Waals surface area (Å²) in [5.41, 5.74) is -2.80. The summed E-state index contributed by atoms with van der Waals surface area (Å²) in [5.74, 6) is -1.14. The van der Waals surface area contributed by atoms with Crippen molar-refractivity contribution in [3.05, 3.63) is 59.4 Å². The predicted molar refractivity (Wildman–Crippen MR) is 113 cm³/mol. The molecule has 2 heterocycles. The molecule has 2 aromatic carbocycles. The minimum atomic E-state index is -4.75. The second-order valence-corrected chi connectivity index (χ2v) is 8.70. The molecule has 3 atom stereocenters. The Morgan fingerprint density at radius 3 is 2.45 bits per heavy atom. The normalized spacial score (nSPS) is 22.2. The van der Waals surface area contributed by atoms with Crippen molar-refractivity contribution in [2.24, 2.45) is 0 Å². The van der Waals surface area contributed by atoms with Gasteiger partial charge in [0, 0.05) is 43.1 Å². The molecule has 33 heavy (non-hydrogen) atoms. The van der Waals surface area contributed by atoms with Gasteiger partial charge in [-0.05, 0) is 55.8 Å². The zero-order valence-corrected chi connectivity index (χ0v) is 17.7. The molecule has 2 fully saturated rings. The lowest BCUT2D eigenvalue weighted by atomic mass is 10.0. The zero-order chi connectivity index (χ0) is 24.0. The van der Waals surface area contributed by atoms with Crippen LogP contribution < -0.4 is 10.2 Å². The predicted octanol–water partition coefficient (Wildman–Crippen LogP) is 3.37. The van der Waals surface area contributed by atoms with E-state index in [4.69, 9.17) is 5.26 Å². The molecule has 0 saturated carbocycles. The molecule has 6 nitrogen and oxygen atoms in total. The van der Waals surface area contributed by atoms with Crippen LogP contribution in [-0.2, 0) is 11.0 Å². The van der Waals surface area contributed by atoms with Crippen molar-refractivity contribution in [1.29, 1.82) is 5.26 Å². The molecule has 174 valence electrons. The fourth-order valence-electron chi connectivity index (χ4n) is 4.58. The number of hydrogen-bond acceptors (Lipinski definition) is 5. The number of hydrogen-bond donors (Lipinski definition) is 2. The molecule has 4 rings (SSSR count). The van der Waals surface area contributed by atoms with E-state index in [0.29, 0.717) is 19.2 Å². The van der Waals surface area contributed by atoms with Gasteiger partial charge in [-0.1, -0.05) is 0 Å². The Kier molecular flexibility index (Phi) is 5.80. The van der Waals surface area contributed by atoms with E-state index in [1.165, 1.54) is 31.2 Å². The van der Waals surface area contributed by atoms with Crippen LogP contribution in [-0.4, -0.2) is 53.2 Å². The molecule has 2 aliphatic heterocycles. The molecule has 2 N–H and O–H groups in total. The van der Waals surface area contributed by atoms with Gasteiger partial charge >= 0.3 is 6.18 Å². The first kappa shape index (κ1) is 23.0. The first-order chi connectivity index (χ1) is 15.5. The molecular formula is C23H22F4N4O2. The van der Waals surface area contributed by atoms with Gasteiger partial charge in [0.15, 0.2) is 5.60 Å². The highest BCUT2D eigenvalue weighted by molar-refractivity contribution is 5.97. The molecule has 0 aliphatic carbocycles. The van der Waals surface area contributed by atoms with E-state index in [9.17, 15) is 27.5 Å². The molecule has 10 heteroatoms. The Balaban J connectivity index is 1.40. The SMILES string of the molecule is C[C@](O)(CN1C[C@@H]2C[C@H]1CN2c1ccc(F)cc1)C(=O)Nc1ccc(C#N)c(C(F)(F)F)c1. The van der Waals surface area contributed by atoms with Gasteiger partial charge in [-0.15, -0.1) is 0 Å². The van der Waals surface area contributed by atoms with Gasteiger partial charge in [-0.3, -0.25) is 9.69 Å². The van der Waals surface area contributed by atoms with Crippen LogP contribution in [0.5, 0.6) is 0 Å². The Morgan fingerprint density at radius 2 is 1.88 bits per heavy atom. The third kappa shape index (κ3) is 4.65. The van der Waals surface area contributed by atoms with Gasteiger partial charge < -0.3 is 15.3 Å². The summed E-state index contributed by atoms with van der Waals surface area (Å²) in [7, 11) is 0. The first-order valence-electron chi connectivity index (χ1n) is 10.4. The third-order valence-corrected chi connectivity index (χ3v) is 6.22. The number of aliphatic hydroxyl groups is 1. The molecule has 0 aromatic heterocycles. The summed E-state index contributed by atoms with van der Waals surface area (Å²) in [6.45, 7) is 2.60. The van der Waals surface area contributed by atoms with Gasteiger partial charge in [0.1, 0.15) is 5.82 Å². The molecule has 1 amide bonds. The molecule has 2 saturated heterocycles. The number of carbonyl (C=O) groups is 1. The molecule has 2 aliphatic rings. The maximum absolute atomic E-state index is 13.2. The number of nitrogens with one attached hydrogen (secondary N) is 1. The lowest BCUT2D eigenvalue weighted by molar-refractivity contribution is -0.138. The Bertz CT molecular complexity index is 1100. The third-order valence-electron chi connectivity index (χ3n) is 6.22. The van der Waals surface area contributed by atoms with E-state index in [0.717, 1.165) is 18.2 Å². The summed E-state index contributed by atoms with van der Waals surface area (Å²) in [4.78, 5) is 16.8. The van der Waals surface area contributed by atoms with Gasteiger partial charge in [-0.2, -0.15) is 18.4 Å². The quantitative estimate of drug-likeness (QED) is 0.667. The number of amides is 1. The summed E-state index contributed by atoms with van der Waals surface area (Å²) < 4.78 is 52.7. The largest absolute Gasteiger partial charge is 0.417 e. The molecule has 0 unspecified atom stereocenters. The van der Waals surface area contributed by atoms with Crippen LogP contribution in [0.25, 0.3) is 0 Å². The van der Waals surface area contributed by atoms with E-state index in [-0.39, 0.29) is 30.1 Å². The van der Waals surface area contributed by atoms with Crippen LogP contribution in [0, 0.1) is 17.1 Å². The number of carbonyl (C=O) groups excluding carboxylic acids is 1. The summed E-state index contributed by atoms with van der Waals surface area (Å²) in [5, 5.41) is 22.0. The highest BCUT2D eigenvalue weighted by atomic mass is 19.4. The first-order valence-corrected chi connectivity index (χ1v) is 10.4. The maximum atomic E-state index is 13.2. The van der Waals surface area contributed by atoms with Crippen molar-refractivity contribution < 1.29 is 27.5 Å². The molecular weight excluding hydrogens is 440 g/mol. The Hall–Kier alpha value is -3.16. The molecule has 2 aromatic rings. The summed E-state index contributed by atoms with van der Waals surface area (Å²) in [6.07, 6.45) is -3.92. The summed E-state index contributed by atoms with van der Waals surface area (Å²) >= 11 is 0. The van der Waals surface area contributed by atoms with Crippen molar-refractivity contribution in [3.8, 4) is 6.07 Å². The number of fused-ring (bicyclic) bond motifs is 2. The standard InChI is InChI=1S/C23H22F4N4O2/c1-22(33,21(32)29-16-5-2-14(10-28)20(8-16)23(25,26)27)13-30-11-19-9-18(30)12-31(19)17-6-3-15(24)4-7-17/h2-8,18-19,33H,9,11-13H2,1H3,(H,29,32)/t18-,19-,22-/m0/s1. The highest BCUT2D eigenvalue weighted by Gasteiger charge is 2.46. The lowest BCUT2D eigenvalue weighted by Gasteiger charge is -2.38. The zero-order valence-electron chi connectivity index (χ0n) is 17.7. The fourth-order valence-corrected chi connectivity index (χ4v) is 4.58. The number of nitriles is 1. The molecule has 0 radical (unpaired) electrons. The van der Waals surface area contributed by atoms with Crippen LogP contribution in [0.4, 0.5) is 28.9 Å². The minimum Gasteiger partial charge on any atom is -0.379 e. The van der Waals surface area contributed by atoms with Crippen LogP contribution in [0.2, 0.25) is 0 Å². The molecule has 2 bridgehead atoms. The number of nitrogens with zero attached hydrogens (tertiary/aromatic N) is 3. The van der Waals surface area contributed by atoms with Crippen LogP contribution >= 0.6 is 0 Å². The smallest absolute Gasteiger partial charge is 0.379 e. The number of rotatable bonds is 5. The van der Waals surface area contributed by atoms with Crippen molar-refractivity contribution in [1.82, 2.24) is 4.90 Å². The number of likely N-dealkylation sites (tertiary alicyclic amines) is 1. The van der Waals surface area contributed by atoms with Crippen molar-refractivity contribution in [3.63, 3.8) is 0 Å². The molecule has 0 spiro atoms. The Labute approximate surface area is 188 Å². The topological polar surface area (TPSA) is 79.6 Å². The number of benzene rings is 2. The lowest BCUT2D eigenvalue weighted by Crippen LogP contribution is -2.55. The van der Waals surface area contributed by atoms with E-state index in [2.05, 4.69) is 10.2 Å². The van der Waals surface area contributed by atoms with Crippen LogP contribution in [0.1, 0.15) is 24.5 Å². The minimum absolute atomic E-state index is 0.0136. The van der Waals surface area contributed by atoms with E-state index in [1.807, 2.05) is 4.90 Å².